The number of aliphatic hydroxyl groups is 1. The van der Waals surface area contributed by atoms with Crippen LogP contribution in [0.3, 0.4) is 0 Å². The third-order valence-electron chi connectivity index (χ3n) is 2.84. The molecule has 2 aromatic heterocycles. The van der Waals surface area contributed by atoms with Crippen molar-refractivity contribution in [1.29, 1.82) is 0 Å². The summed E-state index contributed by atoms with van der Waals surface area (Å²) in [5.74, 6) is 0. The van der Waals surface area contributed by atoms with Crippen molar-refractivity contribution in [1.82, 2.24) is 15.0 Å². The normalized spacial score (nSPS) is 12.5. The molecule has 1 unspecified atom stereocenters. The Labute approximate surface area is 104 Å². The fourth-order valence-corrected chi connectivity index (χ4v) is 1.97. The van der Waals surface area contributed by atoms with Crippen molar-refractivity contribution in [3.05, 3.63) is 66.4 Å². The molecule has 0 amide bonds. The maximum Gasteiger partial charge on any atom is 0.123 e. The van der Waals surface area contributed by atoms with Crippen LogP contribution in [0.2, 0.25) is 0 Å². The largest absolute Gasteiger partial charge is 0.382 e. The van der Waals surface area contributed by atoms with Crippen LogP contribution >= 0.6 is 0 Å². The Kier molecular flexibility index (Phi) is 2.70. The SMILES string of the molecule is OC(c1ccncn1)c1cccc2cccnc12. The molecule has 18 heavy (non-hydrogen) atoms. The third kappa shape index (κ3) is 1.83. The zero-order chi connectivity index (χ0) is 12.4. The van der Waals surface area contributed by atoms with Gasteiger partial charge in [-0.05, 0) is 12.1 Å². The molecule has 0 aliphatic carbocycles. The summed E-state index contributed by atoms with van der Waals surface area (Å²) in [7, 11) is 0. The van der Waals surface area contributed by atoms with Gasteiger partial charge in [-0.25, -0.2) is 9.97 Å². The van der Waals surface area contributed by atoms with E-state index < -0.39 is 6.10 Å². The molecular formula is C14H11N3O. The van der Waals surface area contributed by atoms with Crippen molar-refractivity contribution in [3.63, 3.8) is 0 Å². The molecule has 4 heteroatoms. The second kappa shape index (κ2) is 4.50. The highest BCUT2D eigenvalue weighted by molar-refractivity contribution is 5.82. The predicted octanol–water partition coefficient (Wildman–Crippen LogP) is 2.11. The first-order valence-corrected chi connectivity index (χ1v) is 5.64. The molecule has 1 atom stereocenters. The van der Waals surface area contributed by atoms with Crippen LogP contribution in [0.15, 0.2) is 55.1 Å². The van der Waals surface area contributed by atoms with Gasteiger partial charge in [0.15, 0.2) is 0 Å². The number of rotatable bonds is 2. The van der Waals surface area contributed by atoms with Crippen LogP contribution < -0.4 is 0 Å². The van der Waals surface area contributed by atoms with Crippen molar-refractivity contribution in [2.24, 2.45) is 0 Å². The van der Waals surface area contributed by atoms with Crippen LogP contribution in [-0.4, -0.2) is 20.1 Å². The second-order valence-corrected chi connectivity index (χ2v) is 3.96. The molecule has 1 aromatic carbocycles. The van der Waals surface area contributed by atoms with Gasteiger partial charge in [0.1, 0.15) is 12.4 Å². The number of pyridine rings is 1. The van der Waals surface area contributed by atoms with Gasteiger partial charge >= 0.3 is 0 Å². The summed E-state index contributed by atoms with van der Waals surface area (Å²) < 4.78 is 0. The number of hydrogen-bond donors (Lipinski definition) is 1. The highest BCUT2D eigenvalue weighted by Gasteiger charge is 2.14. The van der Waals surface area contributed by atoms with E-state index in [-0.39, 0.29) is 0 Å². The van der Waals surface area contributed by atoms with Gasteiger partial charge in [0.05, 0.1) is 11.2 Å². The number of fused-ring (bicyclic) bond motifs is 1. The van der Waals surface area contributed by atoms with Crippen LogP contribution in [-0.2, 0) is 0 Å². The van der Waals surface area contributed by atoms with Gasteiger partial charge in [-0.1, -0.05) is 24.3 Å². The fourth-order valence-electron chi connectivity index (χ4n) is 1.97. The van der Waals surface area contributed by atoms with Crippen LogP contribution in [0.4, 0.5) is 0 Å². The minimum atomic E-state index is -0.786. The van der Waals surface area contributed by atoms with Gasteiger partial charge in [0.2, 0.25) is 0 Å². The van der Waals surface area contributed by atoms with E-state index in [0.717, 1.165) is 16.5 Å². The molecule has 1 N–H and O–H groups in total. The predicted molar refractivity (Wildman–Crippen MR) is 67.8 cm³/mol. The lowest BCUT2D eigenvalue weighted by molar-refractivity contribution is 0.216. The molecule has 0 aliphatic heterocycles. The first-order chi connectivity index (χ1) is 8.86. The minimum absolute atomic E-state index is 0.572. The molecule has 0 saturated carbocycles. The molecule has 0 spiro atoms. The van der Waals surface area contributed by atoms with Gasteiger partial charge in [-0.3, -0.25) is 4.98 Å². The Balaban J connectivity index is 2.15. The van der Waals surface area contributed by atoms with Crippen molar-refractivity contribution >= 4 is 10.9 Å². The second-order valence-electron chi connectivity index (χ2n) is 3.96. The van der Waals surface area contributed by atoms with E-state index in [2.05, 4.69) is 15.0 Å². The molecule has 0 bridgehead atoms. The number of nitrogens with zero attached hydrogens (tertiary/aromatic N) is 3. The van der Waals surface area contributed by atoms with Gasteiger partial charge in [-0.2, -0.15) is 0 Å². The van der Waals surface area contributed by atoms with Crippen molar-refractivity contribution in [2.75, 3.05) is 0 Å². The van der Waals surface area contributed by atoms with E-state index in [4.69, 9.17) is 0 Å². The van der Waals surface area contributed by atoms with E-state index in [9.17, 15) is 5.11 Å². The molecule has 0 saturated heterocycles. The van der Waals surface area contributed by atoms with Gasteiger partial charge in [-0.15, -0.1) is 0 Å². The molecule has 0 fully saturated rings. The Bertz CT molecular complexity index is 665. The van der Waals surface area contributed by atoms with Crippen LogP contribution in [0.25, 0.3) is 10.9 Å². The molecular weight excluding hydrogens is 226 g/mol. The number of aliphatic hydroxyl groups excluding tert-OH is 1. The molecule has 4 nitrogen and oxygen atoms in total. The van der Waals surface area contributed by atoms with Crippen LogP contribution in [0, 0.1) is 0 Å². The van der Waals surface area contributed by atoms with E-state index >= 15 is 0 Å². The van der Waals surface area contributed by atoms with Gasteiger partial charge < -0.3 is 5.11 Å². The van der Waals surface area contributed by atoms with E-state index in [0.29, 0.717) is 5.69 Å². The summed E-state index contributed by atoms with van der Waals surface area (Å²) in [6.45, 7) is 0. The molecule has 0 radical (unpaired) electrons. The Hall–Kier alpha value is -2.33. The fraction of sp³-hybridized carbons (Fsp3) is 0.0714. The standard InChI is InChI=1S/C14H11N3O/c18-14(12-6-8-15-9-17-12)11-5-1-3-10-4-2-7-16-13(10)11/h1-9,14,18H. The van der Waals surface area contributed by atoms with E-state index in [1.54, 1.807) is 18.5 Å². The summed E-state index contributed by atoms with van der Waals surface area (Å²) in [5.41, 5.74) is 2.13. The Morgan fingerprint density at radius 2 is 1.83 bits per heavy atom. The maximum atomic E-state index is 10.4. The molecule has 0 aliphatic rings. The summed E-state index contributed by atoms with van der Waals surface area (Å²) in [4.78, 5) is 12.2. The van der Waals surface area contributed by atoms with Crippen LogP contribution in [0.5, 0.6) is 0 Å². The zero-order valence-corrected chi connectivity index (χ0v) is 9.56. The minimum Gasteiger partial charge on any atom is -0.382 e. The average Bonchev–Trinajstić information content (AvgIpc) is 2.47. The zero-order valence-electron chi connectivity index (χ0n) is 9.56. The van der Waals surface area contributed by atoms with E-state index in [1.807, 2.05) is 30.3 Å². The maximum absolute atomic E-state index is 10.4. The summed E-state index contributed by atoms with van der Waals surface area (Å²) in [6.07, 6.45) is 3.98. The lowest BCUT2D eigenvalue weighted by Crippen LogP contribution is -2.03. The summed E-state index contributed by atoms with van der Waals surface area (Å²) in [6, 6.07) is 11.3. The first kappa shape index (κ1) is 10.8. The highest BCUT2D eigenvalue weighted by atomic mass is 16.3. The van der Waals surface area contributed by atoms with Crippen molar-refractivity contribution < 1.29 is 5.11 Å². The third-order valence-corrected chi connectivity index (χ3v) is 2.84. The molecule has 2 heterocycles. The number of para-hydroxylation sites is 1. The Morgan fingerprint density at radius 1 is 0.944 bits per heavy atom. The van der Waals surface area contributed by atoms with Crippen molar-refractivity contribution in [2.45, 2.75) is 6.10 Å². The lowest BCUT2D eigenvalue weighted by Gasteiger charge is -2.12. The monoisotopic (exact) mass is 237 g/mol. The summed E-state index contributed by atoms with van der Waals surface area (Å²) >= 11 is 0. The first-order valence-electron chi connectivity index (χ1n) is 5.64. The quantitative estimate of drug-likeness (QED) is 0.741. The summed E-state index contributed by atoms with van der Waals surface area (Å²) in [5, 5.41) is 11.4. The van der Waals surface area contributed by atoms with Gasteiger partial charge in [0, 0.05) is 23.3 Å². The highest BCUT2D eigenvalue weighted by Crippen LogP contribution is 2.25. The smallest absolute Gasteiger partial charge is 0.123 e. The van der Waals surface area contributed by atoms with Crippen LogP contribution in [0.1, 0.15) is 17.4 Å². The molecule has 3 rings (SSSR count). The Morgan fingerprint density at radius 3 is 2.67 bits per heavy atom. The van der Waals surface area contributed by atoms with Gasteiger partial charge in [0.25, 0.3) is 0 Å². The number of hydrogen-bond acceptors (Lipinski definition) is 4. The number of benzene rings is 1. The average molecular weight is 237 g/mol. The molecule has 88 valence electrons. The van der Waals surface area contributed by atoms with Crippen molar-refractivity contribution in [3.8, 4) is 0 Å². The topological polar surface area (TPSA) is 58.9 Å². The van der Waals surface area contributed by atoms with E-state index in [1.165, 1.54) is 6.33 Å². The number of aromatic nitrogens is 3. The lowest BCUT2D eigenvalue weighted by atomic mass is 10.0. The molecule has 3 aromatic rings.